The number of hydrogen-bond acceptors (Lipinski definition) is 6. The number of ether oxygens (including phenoxy) is 1. The van der Waals surface area contributed by atoms with Gasteiger partial charge in [-0.05, 0) is 39.7 Å². The molecule has 1 heterocycles. The molecule has 0 atom stereocenters. The number of nitrogens with one attached hydrogen (secondary N) is 2. The Balaban J connectivity index is 2.32. The second kappa shape index (κ2) is 6.03. The number of aromatic nitrogens is 3. The van der Waals surface area contributed by atoms with Gasteiger partial charge in [0.15, 0.2) is 0 Å². The van der Waals surface area contributed by atoms with E-state index in [0.29, 0.717) is 11.9 Å². The summed E-state index contributed by atoms with van der Waals surface area (Å²) >= 11 is 9.25. The summed E-state index contributed by atoms with van der Waals surface area (Å²) in [5.41, 5.74) is 0.767. The zero-order chi connectivity index (χ0) is 13.8. The predicted octanol–water partition coefficient (Wildman–Crippen LogP) is 3.08. The summed E-state index contributed by atoms with van der Waals surface area (Å²) in [4.78, 5) is 12.1. The molecule has 0 radical (unpaired) electrons. The maximum Gasteiger partial charge on any atom is 0.233 e. The molecule has 19 heavy (non-hydrogen) atoms. The van der Waals surface area contributed by atoms with Gasteiger partial charge in [0.2, 0.25) is 17.2 Å². The van der Waals surface area contributed by atoms with Crippen molar-refractivity contribution < 1.29 is 4.74 Å². The fourth-order valence-corrected chi connectivity index (χ4v) is 1.87. The van der Waals surface area contributed by atoms with Crippen LogP contribution in [0.4, 0.5) is 17.6 Å². The van der Waals surface area contributed by atoms with E-state index < -0.39 is 0 Å². The average Bonchev–Trinajstić information content (AvgIpc) is 2.40. The van der Waals surface area contributed by atoms with E-state index in [1.54, 1.807) is 14.2 Å². The van der Waals surface area contributed by atoms with Gasteiger partial charge in [0, 0.05) is 17.6 Å². The molecule has 0 unspecified atom stereocenters. The lowest BCUT2D eigenvalue weighted by atomic mass is 10.3. The first kappa shape index (κ1) is 13.8. The third kappa shape index (κ3) is 3.45. The number of hydrogen-bond donors (Lipinski definition) is 2. The molecule has 0 saturated heterocycles. The molecule has 1 aromatic heterocycles. The fraction of sp³-hybridized carbons (Fsp3) is 0.182. The number of rotatable bonds is 4. The van der Waals surface area contributed by atoms with Gasteiger partial charge in [-0.1, -0.05) is 0 Å². The van der Waals surface area contributed by atoms with Crippen molar-refractivity contribution in [2.45, 2.75) is 0 Å². The average molecular weight is 345 g/mol. The predicted molar refractivity (Wildman–Crippen MR) is 78.4 cm³/mol. The maximum absolute atomic E-state index is 5.81. The van der Waals surface area contributed by atoms with E-state index >= 15 is 0 Å². The molecule has 0 saturated carbocycles. The lowest BCUT2D eigenvalue weighted by molar-refractivity contribution is 0.415. The smallest absolute Gasteiger partial charge is 0.233 e. The van der Waals surface area contributed by atoms with Crippen LogP contribution in [0.5, 0.6) is 5.75 Å². The first-order valence-electron chi connectivity index (χ1n) is 5.32. The van der Waals surface area contributed by atoms with Crippen molar-refractivity contribution in [3.63, 3.8) is 0 Å². The minimum absolute atomic E-state index is 0.112. The number of nitrogens with zero attached hydrogens (tertiary/aromatic N) is 3. The molecule has 0 aliphatic carbocycles. The van der Waals surface area contributed by atoms with Crippen LogP contribution < -0.4 is 15.4 Å². The van der Waals surface area contributed by atoms with E-state index in [0.717, 1.165) is 15.9 Å². The molecule has 0 fully saturated rings. The molecule has 0 amide bonds. The summed E-state index contributed by atoms with van der Waals surface area (Å²) < 4.78 is 6.02. The van der Waals surface area contributed by atoms with Gasteiger partial charge in [-0.15, -0.1) is 0 Å². The second-order valence-corrected chi connectivity index (χ2v) is 4.66. The van der Waals surface area contributed by atoms with Crippen molar-refractivity contribution in [2.75, 3.05) is 24.8 Å². The summed E-state index contributed by atoms with van der Waals surface area (Å²) in [6.45, 7) is 0. The molecule has 8 heteroatoms. The highest BCUT2D eigenvalue weighted by Gasteiger charge is 2.07. The number of halogens is 2. The van der Waals surface area contributed by atoms with E-state index in [-0.39, 0.29) is 5.28 Å². The van der Waals surface area contributed by atoms with Crippen molar-refractivity contribution in [2.24, 2.45) is 0 Å². The summed E-state index contributed by atoms with van der Waals surface area (Å²) in [6, 6.07) is 5.53. The molecule has 0 aliphatic heterocycles. The van der Waals surface area contributed by atoms with Crippen LogP contribution in [0, 0.1) is 0 Å². The topological polar surface area (TPSA) is 72.0 Å². The van der Waals surface area contributed by atoms with Gasteiger partial charge >= 0.3 is 0 Å². The molecule has 0 bridgehead atoms. The SMILES string of the molecule is CNc1nc(Cl)nc(Nc2cc(OC)ccc2Br)n1. The number of anilines is 3. The normalized spacial score (nSPS) is 10.1. The Morgan fingerprint density at radius 2 is 1.95 bits per heavy atom. The Hall–Kier alpha value is -1.60. The summed E-state index contributed by atoms with van der Waals surface area (Å²) in [5, 5.41) is 5.97. The monoisotopic (exact) mass is 343 g/mol. The van der Waals surface area contributed by atoms with Crippen LogP contribution in [0.15, 0.2) is 22.7 Å². The minimum atomic E-state index is 0.112. The number of benzene rings is 1. The van der Waals surface area contributed by atoms with Gasteiger partial charge in [-0.2, -0.15) is 15.0 Å². The van der Waals surface area contributed by atoms with Crippen LogP contribution in [0.1, 0.15) is 0 Å². The third-order valence-corrected chi connectivity index (χ3v) is 3.11. The molecular weight excluding hydrogens is 334 g/mol. The van der Waals surface area contributed by atoms with Gasteiger partial charge < -0.3 is 15.4 Å². The Kier molecular flexibility index (Phi) is 4.39. The Morgan fingerprint density at radius 1 is 1.21 bits per heavy atom. The Bertz CT molecular complexity index is 595. The van der Waals surface area contributed by atoms with Crippen LogP contribution in [0.25, 0.3) is 0 Å². The largest absolute Gasteiger partial charge is 0.497 e. The number of methoxy groups -OCH3 is 1. The third-order valence-electron chi connectivity index (χ3n) is 2.25. The summed E-state index contributed by atoms with van der Waals surface area (Å²) in [6.07, 6.45) is 0. The van der Waals surface area contributed by atoms with Crippen molar-refractivity contribution in [3.05, 3.63) is 28.0 Å². The Morgan fingerprint density at radius 3 is 2.63 bits per heavy atom. The standard InChI is InChI=1S/C11H11BrClN5O/c1-14-10-16-9(13)17-11(18-10)15-8-5-6(19-2)3-4-7(8)12/h3-5H,1-2H3,(H2,14,15,16,17,18). The second-order valence-electron chi connectivity index (χ2n) is 3.47. The molecule has 6 nitrogen and oxygen atoms in total. The highest BCUT2D eigenvalue weighted by atomic mass is 79.9. The van der Waals surface area contributed by atoms with Crippen LogP contribution >= 0.6 is 27.5 Å². The molecule has 0 spiro atoms. The molecule has 2 rings (SSSR count). The lowest BCUT2D eigenvalue weighted by Crippen LogP contribution is -2.04. The highest BCUT2D eigenvalue weighted by molar-refractivity contribution is 9.10. The van der Waals surface area contributed by atoms with Crippen LogP contribution in [0.2, 0.25) is 5.28 Å². The van der Waals surface area contributed by atoms with E-state index in [1.165, 1.54) is 0 Å². The van der Waals surface area contributed by atoms with E-state index in [2.05, 4.69) is 41.5 Å². The van der Waals surface area contributed by atoms with E-state index in [9.17, 15) is 0 Å². The minimum Gasteiger partial charge on any atom is -0.497 e. The van der Waals surface area contributed by atoms with Crippen molar-refractivity contribution in [1.82, 2.24) is 15.0 Å². The molecular formula is C11H11BrClN5O. The first-order chi connectivity index (χ1) is 9.12. The molecule has 2 aromatic rings. The zero-order valence-corrected chi connectivity index (χ0v) is 12.6. The molecule has 100 valence electrons. The zero-order valence-electron chi connectivity index (χ0n) is 10.2. The van der Waals surface area contributed by atoms with E-state index in [4.69, 9.17) is 16.3 Å². The van der Waals surface area contributed by atoms with Gasteiger partial charge in [0.1, 0.15) is 5.75 Å². The molecule has 1 aromatic carbocycles. The fourth-order valence-electron chi connectivity index (χ4n) is 1.37. The van der Waals surface area contributed by atoms with Gasteiger partial charge in [0.05, 0.1) is 12.8 Å². The van der Waals surface area contributed by atoms with Gasteiger partial charge in [-0.3, -0.25) is 0 Å². The lowest BCUT2D eigenvalue weighted by Gasteiger charge is -2.09. The van der Waals surface area contributed by atoms with Crippen LogP contribution in [-0.2, 0) is 0 Å². The van der Waals surface area contributed by atoms with E-state index in [1.807, 2.05) is 18.2 Å². The summed E-state index contributed by atoms with van der Waals surface area (Å²) in [7, 11) is 3.31. The van der Waals surface area contributed by atoms with Crippen molar-refractivity contribution in [3.8, 4) is 5.75 Å². The highest BCUT2D eigenvalue weighted by Crippen LogP contribution is 2.29. The van der Waals surface area contributed by atoms with Crippen LogP contribution in [0.3, 0.4) is 0 Å². The van der Waals surface area contributed by atoms with Crippen molar-refractivity contribution >= 4 is 45.1 Å². The first-order valence-corrected chi connectivity index (χ1v) is 6.49. The van der Waals surface area contributed by atoms with Gasteiger partial charge in [0.25, 0.3) is 0 Å². The quantitative estimate of drug-likeness (QED) is 0.888. The molecule has 0 aliphatic rings. The molecule has 2 N–H and O–H groups in total. The van der Waals surface area contributed by atoms with Gasteiger partial charge in [-0.25, -0.2) is 0 Å². The van der Waals surface area contributed by atoms with Crippen LogP contribution in [-0.4, -0.2) is 29.1 Å². The maximum atomic E-state index is 5.81. The Labute approximate surface area is 123 Å². The summed E-state index contributed by atoms with van der Waals surface area (Å²) in [5.74, 6) is 1.46. The van der Waals surface area contributed by atoms with Crippen molar-refractivity contribution in [1.29, 1.82) is 0 Å².